The molecule has 0 aliphatic heterocycles. The highest BCUT2D eigenvalue weighted by Crippen LogP contribution is 2.32. The van der Waals surface area contributed by atoms with E-state index in [0.717, 1.165) is 15.8 Å². The Morgan fingerprint density at radius 1 is 1.31 bits per heavy atom. The lowest BCUT2D eigenvalue weighted by Crippen LogP contribution is -2.30. The molecular weight excluding hydrogens is 370 g/mol. The van der Waals surface area contributed by atoms with Crippen molar-refractivity contribution < 1.29 is 4.79 Å². The van der Waals surface area contributed by atoms with Gasteiger partial charge >= 0.3 is 0 Å². The Morgan fingerprint density at radius 3 is 2.92 bits per heavy atom. The van der Waals surface area contributed by atoms with Crippen LogP contribution in [0.1, 0.15) is 16.1 Å². The number of halogens is 1. The molecule has 3 aromatic heterocycles. The number of amides is 1. The molecule has 0 radical (unpaired) electrons. The minimum Gasteiger partial charge on any atom is -0.278 e. The number of hydrogen-bond donors (Lipinski definition) is 0. The van der Waals surface area contributed by atoms with Gasteiger partial charge in [0.05, 0.1) is 16.8 Å². The van der Waals surface area contributed by atoms with Gasteiger partial charge in [0.2, 0.25) is 0 Å². The smallest absolute Gasteiger partial charge is 0.278 e. The molecule has 0 bridgehead atoms. The molecule has 8 heteroatoms. The van der Waals surface area contributed by atoms with Gasteiger partial charge in [-0.2, -0.15) is 5.10 Å². The van der Waals surface area contributed by atoms with Crippen molar-refractivity contribution in [3.8, 4) is 0 Å². The number of benzene rings is 1. The van der Waals surface area contributed by atoms with Gasteiger partial charge in [0.15, 0.2) is 10.8 Å². The van der Waals surface area contributed by atoms with E-state index in [9.17, 15) is 4.79 Å². The van der Waals surface area contributed by atoms with Crippen LogP contribution < -0.4 is 4.90 Å². The average Bonchev–Trinajstić information content (AvgIpc) is 3.25. The van der Waals surface area contributed by atoms with Crippen LogP contribution in [0, 0.1) is 0 Å². The summed E-state index contributed by atoms with van der Waals surface area (Å²) in [6.45, 7) is 0.358. The molecule has 3 heterocycles. The Morgan fingerprint density at radius 2 is 2.19 bits per heavy atom. The van der Waals surface area contributed by atoms with Crippen LogP contribution in [0.4, 0.5) is 5.13 Å². The number of anilines is 1. The van der Waals surface area contributed by atoms with E-state index in [-0.39, 0.29) is 5.91 Å². The highest BCUT2D eigenvalue weighted by Gasteiger charge is 2.23. The van der Waals surface area contributed by atoms with Crippen LogP contribution in [0.5, 0.6) is 0 Å². The first kappa shape index (κ1) is 16.7. The first-order chi connectivity index (χ1) is 12.6. The van der Waals surface area contributed by atoms with Gasteiger partial charge in [-0.3, -0.25) is 19.4 Å². The molecule has 1 aromatic carbocycles. The van der Waals surface area contributed by atoms with Gasteiger partial charge in [-0.05, 0) is 35.9 Å². The third kappa shape index (κ3) is 3.31. The number of fused-ring (bicyclic) bond motifs is 1. The molecule has 4 rings (SSSR count). The van der Waals surface area contributed by atoms with Crippen LogP contribution in [-0.4, -0.2) is 25.7 Å². The van der Waals surface area contributed by atoms with Gasteiger partial charge in [0, 0.05) is 30.7 Å². The highest BCUT2D eigenvalue weighted by atomic mass is 35.5. The quantitative estimate of drug-likeness (QED) is 0.535. The lowest BCUT2D eigenvalue weighted by atomic mass is 10.2. The topological polar surface area (TPSA) is 63.9 Å². The number of aromatic nitrogens is 4. The van der Waals surface area contributed by atoms with Crippen LogP contribution in [0.15, 0.2) is 55.0 Å². The van der Waals surface area contributed by atoms with Crippen LogP contribution >= 0.6 is 22.9 Å². The van der Waals surface area contributed by atoms with Crippen LogP contribution in [0.3, 0.4) is 0 Å². The van der Waals surface area contributed by atoms with Crippen molar-refractivity contribution in [1.29, 1.82) is 0 Å². The second kappa shape index (κ2) is 6.86. The number of carbonyl (C=O) groups is 1. The number of nitrogens with zero attached hydrogens (tertiary/aromatic N) is 5. The van der Waals surface area contributed by atoms with Crippen molar-refractivity contribution in [1.82, 2.24) is 19.7 Å². The molecular formula is C18H14ClN5OS. The Bertz CT molecular complexity index is 1080. The van der Waals surface area contributed by atoms with E-state index in [0.29, 0.717) is 22.4 Å². The lowest BCUT2D eigenvalue weighted by molar-refractivity contribution is 0.0979. The fourth-order valence-electron chi connectivity index (χ4n) is 2.57. The molecule has 4 aromatic rings. The summed E-state index contributed by atoms with van der Waals surface area (Å²) < 4.78 is 2.53. The fraction of sp³-hybridized carbons (Fsp3) is 0.111. The molecule has 0 spiro atoms. The molecule has 0 saturated carbocycles. The standard InChI is InChI=1S/C18H14ClN5OS/c1-23-8-6-15(22-23)17(25)24(11-12-3-2-7-20-10-12)18-21-14-5-4-13(19)9-16(14)26-18/h2-10H,11H2,1H3. The zero-order valence-electron chi connectivity index (χ0n) is 13.8. The minimum atomic E-state index is -0.209. The zero-order valence-corrected chi connectivity index (χ0v) is 15.4. The molecule has 0 saturated heterocycles. The van der Waals surface area contributed by atoms with Gasteiger partial charge in [-0.25, -0.2) is 4.98 Å². The molecule has 26 heavy (non-hydrogen) atoms. The first-order valence-electron chi connectivity index (χ1n) is 7.87. The third-order valence-electron chi connectivity index (χ3n) is 3.81. The molecule has 6 nitrogen and oxygen atoms in total. The predicted octanol–water partition coefficient (Wildman–Crippen LogP) is 3.93. The molecule has 0 N–H and O–H groups in total. The van der Waals surface area contributed by atoms with E-state index < -0.39 is 0 Å². The Kier molecular flexibility index (Phi) is 4.40. The number of pyridine rings is 1. The van der Waals surface area contributed by atoms with Gasteiger partial charge in [-0.1, -0.05) is 29.0 Å². The second-order valence-corrected chi connectivity index (χ2v) is 7.18. The van der Waals surface area contributed by atoms with Crippen molar-refractivity contribution in [3.05, 3.63) is 71.3 Å². The van der Waals surface area contributed by atoms with Crippen molar-refractivity contribution in [3.63, 3.8) is 0 Å². The van der Waals surface area contributed by atoms with E-state index in [4.69, 9.17) is 11.6 Å². The van der Waals surface area contributed by atoms with Crippen LogP contribution in [0.2, 0.25) is 5.02 Å². The summed E-state index contributed by atoms with van der Waals surface area (Å²) in [7, 11) is 1.78. The molecule has 0 fully saturated rings. The van der Waals surface area contributed by atoms with Gasteiger partial charge < -0.3 is 0 Å². The van der Waals surface area contributed by atoms with Crippen LogP contribution in [0.25, 0.3) is 10.2 Å². The monoisotopic (exact) mass is 383 g/mol. The minimum absolute atomic E-state index is 0.209. The summed E-state index contributed by atoms with van der Waals surface area (Å²) >= 11 is 7.50. The maximum Gasteiger partial charge on any atom is 0.280 e. The maximum absolute atomic E-state index is 13.1. The van der Waals surface area contributed by atoms with Crippen molar-refractivity contribution >= 4 is 44.2 Å². The van der Waals surface area contributed by atoms with E-state index in [1.165, 1.54) is 11.3 Å². The third-order valence-corrected chi connectivity index (χ3v) is 5.09. The Balaban J connectivity index is 1.76. The zero-order chi connectivity index (χ0) is 18.1. The molecule has 0 unspecified atom stereocenters. The molecule has 130 valence electrons. The molecule has 1 amide bonds. The Labute approximate surface area is 158 Å². The largest absolute Gasteiger partial charge is 0.280 e. The number of aryl methyl sites for hydroxylation is 1. The SMILES string of the molecule is Cn1ccc(C(=O)N(Cc2cccnc2)c2nc3ccc(Cl)cc3s2)n1. The molecule has 0 atom stereocenters. The molecule has 0 aliphatic rings. The average molecular weight is 384 g/mol. The summed E-state index contributed by atoms with van der Waals surface area (Å²) in [5, 5.41) is 5.47. The number of thiazole rings is 1. The number of carbonyl (C=O) groups excluding carboxylic acids is 1. The number of rotatable bonds is 4. The predicted molar refractivity (Wildman–Crippen MR) is 103 cm³/mol. The van der Waals surface area contributed by atoms with Crippen molar-refractivity contribution in [2.75, 3.05) is 4.90 Å². The lowest BCUT2D eigenvalue weighted by Gasteiger charge is -2.18. The number of hydrogen-bond acceptors (Lipinski definition) is 5. The summed E-state index contributed by atoms with van der Waals surface area (Å²) in [5.74, 6) is -0.209. The van der Waals surface area contributed by atoms with E-state index in [1.54, 1.807) is 47.4 Å². The molecule has 0 aliphatic carbocycles. The van der Waals surface area contributed by atoms with Gasteiger partial charge in [-0.15, -0.1) is 0 Å². The van der Waals surface area contributed by atoms with Crippen molar-refractivity contribution in [2.24, 2.45) is 7.05 Å². The summed E-state index contributed by atoms with van der Waals surface area (Å²) in [6.07, 6.45) is 5.19. The first-order valence-corrected chi connectivity index (χ1v) is 9.06. The van der Waals surface area contributed by atoms with E-state index in [1.807, 2.05) is 24.3 Å². The van der Waals surface area contributed by atoms with Gasteiger partial charge in [0.25, 0.3) is 5.91 Å². The van der Waals surface area contributed by atoms with Crippen molar-refractivity contribution in [2.45, 2.75) is 6.54 Å². The fourth-order valence-corrected chi connectivity index (χ4v) is 3.81. The van der Waals surface area contributed by atoms with E-state index >= 15 is 0 Å². The second-order valence-electron chi connectivity index (χ2n) is 5.74. The van der Waals surface area contributed by atoms with Crippen LogP contribution in [-0.2, 0) is 13.6 Å². The van der Waals surface area contributed by atoms with E-state index in [2.05, 4.69) is 15.1 Å². The van der Waals surface area contributed by atoms with Gasteiger partial charge in [0.1, 0.15) is 0 Å². The summed E-state index contributed by atoms with van der Waals surface area (Å²) in [6, 6.07) is 11.0. The maximum atomic E-state index is 13.1. The summed E-state index contributed by atoms with van der Waals surface area (Å²) in [5.41, 5.74) is 2.09. The summed E-state index contributed by atoms with van der Waals surface area (Å²) in [4.78, 5) is 23.4. The highest BCUT2D eigenvalue weighted by molar-refractivity contribution is 7.22. The Hall–Kier alpha value is -2.77. The normalized spacial score (nSPS) is 11.0.